The number of amides is 1. The minimum atomic E-state index is -0.501. The molecule has 0 aliphatic carbocycles. The van der Waals surface area contributed by atoms with Crippen LogP contribution in [0, 0.1) is 0 Å². The molecule has 0 aliphatic rings. The van der Waals surface area contributed by atoms with Gasteiger partial charge in [0.25, 0.3) is 0 Å². The average molecular weight is 267 g/mol. The zero-order chi connectivity index (χ0) is 12.1. The molecule has 1 atom stereocenters. The van der Waals surface area contributed by atoms with Crippen molar-refractivity contribution in [1.82, 2.24) is 10.3 Å². The van der Waals surface area contributed by atoms with Gasteiger partial charge in [0.05, 0.1) is 16.8 Å². The minimum Gasteiger partial charge on any atom is -0.335 e. The molecule has 0 aliphatic heterocycles. The van der Waals surface area contributed by atoms with Gasteiger partial charge in [0.2, 0.25) is 5.91 Å². The summed E-state index contributed by atoms with van der Waals surface area (Å²) in [5, 5.41) is 2.73. The molecule has 1 amide bonds. The fraction of sp³-hybridized carbons (Fsp3) is 0.167. The van der Waals surface area contributed by atoms with Gasteiger partial charge in [-0.3, -0.25) is 9.78 Å². The van der Waals surface area contributed by atoms with E-state index in [0.29, 0.717) is 6.42 Å². The Morgan fingerprint density at radius 2 is 2.18 bits per heavy atom. The number of halogens is 1. The van der Waals surface area contributed by atoms with Crippen LogP contribution in [0.5, 0.6) is 0 Å². The third kappa shape index (κ3) is 3.54. The fourth-order valence-electron chi connectivity index (χ4n) is 1.40. The standard InChI is InChI=1S/C12H11ClN2OS/c13-12(10-7-14-8-17-10)15-11(16)6-9-4-2-1-3-5-9/h1-5,7-8,12H,6H2,(H,15,16). The van der Waals surface area contributed by atoms with Crippen molar-refractivity contribution in [2.24, 2.45) is 0 Å². The number of rotatable bonds is 4. The molecule has 3 nitrogen and oxygen atoms in total. The second-order valence-electron chi connectivity index (χ2n) is 3.50. The van der Waals surface area contributed by atoms with Gasteiger partial charge in [0.15, 0.2) is 0 Å². The van der Waals surface area contributed by atoms with Crippen LogP contribution >= 0.6 is 22.9 Å². The molecule has 1 unspecified atom stereocenters. The molecule has 5 heteroatoms. The van der Waals surface area contributed by atoms with Crippen LogP contribution in [0.3, 0.4) is 0 Å². The number of benzene rings is 1. The van der Waals surface area contributed by atoms with Crippen molar-refractivity contribution in [3.63, 3.8) is 0 Å². The van der Waals surface area contributed by atoms with Crippen molar-refractivity contribution in [3.8, 4) is 0 Å². The highest BCUT2D eigenvalue weighted by atomic mass is 35.5. The summed E-state index contributed by atoms with van der Waals surface area (Å²) in [7, 11) is 0. The molecule has 0 bridgehead atoms. The molecule has 2 aromatic rings. The number of hydrogen-bond acceptors (Lipinski definition) is 3. The van der Waals surface area contributed by atoms with Gasteiger partial charge in [-0.05, 0) is 5.56 Å². The Morgan fingerprint density at radius 1 is 1.41 bits per heavy atom. The summed E-state index contributed by atoms with van der Waals surface area (Å²) in [5.41, 5.74) is 2.16. The number of nitrogens with zero attached hydrogens (tertiary/aromatic N) is 1. The lowest BCUT2D eigenvalue weighted by Gasteiger charge is -2.09. The molecule has 0 saturated heterocycles. The van der Waals surface area contributed by atoms with Gasteiger partial charge in [0.1, 0.15) is 5.50 Å². The van der Waals surface area contributed by atoms with Crippen molar-refractivity contribution >= 4 is 28.8 Å². The summed E-state index contributed by atoms with van der Waals surface area (Å²) in [6.07, 6.45) is 1.99. The second-order valence-corrected chi connectivity index (χ2v) is 4.85. The van der Waals surface area contributed by atoms with Crippen molar-refractivity contribution in [2.45, 2.75) is 11.9 Å². The molecule has 88 valence electrons. The van der Waals surface area contributed by atoms with Crippen LogP contribution in [-0.4, -0.2) is 10.9 Å². The molecule has 0 spiro atoms. The summed E-state index contributed by atoms with van der Waals surface area (Å²) in [5.74, 6) is -0.0930. The number of aromatic nitrogens is 1. The average Bonchev–Trinajstić information content (AvgIpc) is 2.83. The third-order valence-electron chi connectivity index (χ3n) is 2.20. The fourth-order valence-corrected chi connectivity index (χ4v) is 2.27. The molecular formula is C12H11ClN2OS. The topological polar surface area (TPSA) is 42.0 Å². The molecule has 0 radical (unpaired) electrons. The predicted octanol–water partition coefficient (Wildman–Crippen LogP) is 2.74. The van der Waals surface area contributed by atoms with Crippen molar-refractivity contribution in [1.29, 1.82) is 0 Å². The first-order valence-corrected chi connectivity index (χ1v) is 6.43. The second kappa shape index (κ2) is 5.80. The zero-order valence-corrected chi connectivity index (χ0v) is 10.5. The molecule has 0 saturated carbocycles. The van der Waals surface area contributed by atoms with Crippen LogP contribution < -0.4 is 5.32 Å². The summed E-state index contributed by atoms with van der Waals surface area (Å²) in [6.45, 7) is 0. The first-order valence-electron chi connectivity index (χ1n) is 5.11. The first-order chi connectivity index (χ1) is 8.25. The van der Waals surface area contributed by atoms with Crippen molar-refractivity contribution in [2.75, 3.05) is 0 Å². The van der Waals surface area contributed by atoms with E-state index in [9.17, 15) is 4.79 Å². The Hall–Kier alpha value is -1.39. The lowest BCUT2D eigenvalue weighted by molar-refractivity contribution is -0.120. The Bertz CT molecular complexity index is 473. The SMILES string of the molecule is O=C(Cc1ccccc1)NC(Cl)c1cncs1. The Labute approximate surface area is 108 Å². The summed E-state index contributed by atoms with van der Waals surface area (Å²) in [6, 6.07) is 9.56. The smallest absolute Gasteiger partial charge is 0.225 e. The van der Waals surface area contributed by atoms with Gasteiger partial charge in [-0.1, -0.05) is 41.9 Å². The molecule has 1 aromatic carbocycles. The summed E-state index contributed by atoms with van der Waals surface area (Å²) >= 11 is 7.47. The van der Waals surface area contributed by atoms with Crippen molar-refractivity contribution in [3.05, 3.63) is 52.5 Å². The van der Waals surface area contributed by atoms with E-state index in [0.717, 1.165) is 10.4 Å². The summed E-state index contributed by atoms with van der Waals surface area (Å²) in [4.78, 5) is 16.5. The maximum absolute atomic E-state index is 11.7. The van der Waals surface area contributed by atoms with Gasteiger partial charge in [-0.15, -0.1) is 11.3 Å². The molecular weight excluding hydrogens is 256 g/mol. The van der Waals surface area contributed by atoms with Crippen LogP contribution in [0.1, 0.15) is 15.9 Å². The summed E-state index contributed by atoms with van der Waals surface area (Å²) < 4.78 is 0. The lowest BCUT2D eigenvalue weighted by Crippen LogP contribution is -2.26. The molecule has 2 rings (SSSR count). The number of carbonyl (C=O) groups is 1. The number of carbonyl (C=O) groups excluding carboxylic acids is 1. The van der Waals surface area contributed by atoms with E-state index in [1.807, 2.05) is 30.3 Å². The van der Waals surface area contributed by atoms with Crippen LogP contribution in [0.2, 0.25) is 0 Å². The highest BCUT2D eigenvalue weighted by Crippen LogP contribution is 2.20. The quantitative estimate of drug-likeness (QED) is 0.683. The van der Waals surface area contributed by atoms with E-state index in [-0.39, 0.29) is 5.91 Å². The third-order valence-corrected chi connectivity index (χ3v) is 3.51. The van der Waals surface area contributed by atoms with Gasteiger partial charge in [0, 0.05) is 6.20 Å². The number of hydrogen-bond donors (Lipinski definition) is 1. The normalized spacial score (nSPS) is 12.1. The van der Waals surface area contributed by atoms with E-state index in [2.05, 4.69) is 10.3 Å². The van der Waals surface area contributed by atoms with E-state index in [1.54, 1.807) is 11.7 Å². The maximum atomic E-state index is 11.7. The van der Waals surface area contributed by atoms with Gasteiger partial charge in [-0.2, -0.15) is 0 Å². The number of alkyl halides is 1. The minimum absolute atomic E-state index is 0.0930. The highest BCUT2D eigenvalue weighted by Gasteiger charge is 2.12. The first kappa shape index (κ1) is 12.1. The van der Waals surface area contributed by atoms with Gasteiger partial charge >= 0.3 is 0 Å². The van der Waals surface area contributed by atoms with Crippen molar-refractivity contribution < 1.29 is 4.79 Å². The van der Waals surface area contributed by atoms with Crippen LogP contribution in [0.25, 0.3) is 0 Å². The van der Waals surface area contributed by atoms with Gasteiger partial charge < -0.3 is 5.32 Å². The Morgan fingerprint density at radius 3 is 2.82 bits per heavy atom. The molecule has 1 N–H and O–H groups in total. The molecule has 1 aromatic heterocycles. The van der Waals surface area contributed by atoms with E-state index < -0.39 is 5.50 Å². The van der Waals surface area contributed by atoms with E-state index in [1.165, 1.54) is 11.3 Å². The monoisotopic (exact) mass is 266 g/mol. The molecule has 0 fully saturated rings. The largest absolute Gasteiger partial charge is 0.335 e. The molecule has 1 heterocycles. The van der Waals surface area contributed by atoms with Gasteiger partial charge in [-0.25, -0.2) is 0 Å². The number of nitrogens with one attached hydrogen (secondary N) is 1. The van der Waals surface area contributed by atoms with E-state index >= 15 is 0 Å². The Balaban J connectivity index is 1.90. The van der Waals surface area contributed by atoms with Crippen LogP contribution in [-0.2, 0) is 11.2 Å². The lowest BCUT2D eigenvalue weighted by atomic mass is 10.1. The highest BCUT2D eigenvalue weighted by molar-refractivity contribution is 7.09. The molecule has 17 heavy (non-hydrogen) atoms. The van der Waals surface area contributed by atoms with Crippen LogP contribution in [0.15, 0.2) is 42.0 Å². The Kier molecular flexibility index (Phi) is 4.12. The van der Waals surface area contributed by atoms with Crippen LogP contribution in [0.4, 0.5) is 0 Å². The number of thiazole rings is 1. The zero-order valence-electron chi connectivity index (χ0n) is 8.97. The van der Waals surface area contributed by atoms with E-state index in [4.69, 9.17) is 11.6 Å². The maximum Gasteiger partial charge on any atom is 0.225 e. The predicted molar refractivity (Wildman–Crippen MR) is 69.0 cm³/mol.